The predicted octanol–water partition coefficient (Wildman–Crippen LogP) is 5.00. The van der Waals surface area contributed by atoms with E-state index in [1.54, 1.807) is 22.5 Å². The minimum absolute atomic E-state index is 0.135. The molecule has 0 aliphatic carbocycles. The second-order valence-corrected chi connectivity index (χ2v) is 9.41. The molecular formula is C23H27F6N3O3. The molecule has 0 radical (unpaired) electrons. The molecule has 3 rings (SSSR count). The van der Waals surface area contributed by atoms with Crippen molar-refractivity contribution in [1.29, 1.82) is 0 Å². The summed E-state index contributed by atoms with van der Waals surface area (Å²) in [6.45, 7) is 5.01. The third-order valence-electron chi connectivity index (χ3n) is 5.55. The van der Waals surface area contributed by atoms with Gasteiger partial charge in [0.2, 0.25) is 0 Å². The fourth-order valence-electron chi connectivity index (χ4n) is 3.89. The summed E-state index contributed by atoms with van der Waals surface area (Å²) < 4.78 is 91.6. The van der Waals surface area contributed by atoms with Crippen LogP contribution in [0.5, 0.6) is 5.75 Å². The van der Waals surface area contributed by atoms with Crippen molar-refractivity contribution in [3.8, 4) is 5.75 Å². The van der Waals surface area contributed by atoms with E-state index in [4.69, 9.17) is 4.74 Å². The molecule has 1 fully saturated rings. The Morgan fingerprint density at radius 3 is 2.37 bits per heavy atom. The summed E-state index contributed by atoms with van der Waals surface area (Å²) in [5.74, 6) is -1.79. The molecule has 0 saturated carbocycles. The lowest BCUT2D eigenvalue weighted by molar-refractivity contribution is -0.153. The lowest BCUT2D eigenvalue weighted by Gasteiger charge is -2.21. The molecule has 1 aliphatic heterocycles. The van der Waals surface area contributed by atoms with Gasteiger partial charge in [0.1, 0.15) is 5.75 Å². The maximum Gasteiger partial charge on any atom is 0.422 e. The van der Waals surface area contributed by atoms with Crippen molar-refractivity contribution >= 4 is 5.91 Å². The number of hydrogen-bond acceptors (Lipinski definition) is 3. The van der Waals surface area contributed by atoms with E-state index in [2.05, 4.69) is 9.73 Å². The van der Waals surface area contributed by atoms with E-state index in [1.165, 1.54) is 0 Å². The van der Waals surface area contributed by atoms with Gasteiger partial charge in [0.25, 0.3) is 5.91 Å². The second kappa shape index (κ2) is 9.71. The topological polar surface area (TPSA) is 57.8 Å². The zero-order chi connectivity index (χ0) is 26.2. The van der Waals surface area contributed by atoms with Crippen molar-refractivity contribution in [2.24, 2.45) is 12.0 Å². The van der Waals surface area contributed by atoms with E-state index in [1.807, 2.05) is 20.8 Å². The van der Waals surface area contributed by atoms with Gasteiger partial charge in [0.15, 0.2) is 12.1 Å². The molecule has 1 aromatic carbocycles. The number of ether oxygens (including phenoxy) is 2. The fourth-order valence-corrected chi connectivity index (χ4v) is 3.89. The van der Waals surface area contributed by atoms with Gasteiger partial charge in [-0.1, -0.05) is 20.8 Å². The smallest absolute Gasteiger partial charge is 0.422 e. The van der Waals surface area contributed by atoms with Crippen LogP contribution in [0.4, 0.5) is 26.3 Å². The molecule has 6 nitrogen and oxygen atoms in total. The minimum Gasteiger partial charge on any atom is -0.483 e. The van der Waals surface area contributed by atoms with Gasteiger partial charge in [-0.05, 0) is 31.0 Å². The zero-order valence-electron chi connectivity index (χ0n) is 19.8. The van der Waals surface area contributed by atoms with Gasteiger partial charge < -0.3 is 9.47 Å². The Hall–Kier alpha value is -2.76. The molecule has 2 heterocycles. The second-order valence-electron chi connectivity index (χ2n) is 9.41. The number of carbonyl (C=O) groups is 1. The maximum atomic E-state index is 13.3. The number of carbonyl (C=O) groups excluding carboxylic acids is 1. The first-order valence-electron chi connectivity index (χ1n) is 10.9. The number of hydrogen-bond donors (Lipinski definition) is 0. The van der Waals surface area contributed by atoms with Gasteiger partial charge in [-0.2, -0.15) is 31.3 Å². The van der Waals surface area contributed by atoms with Crippen LogP contribution in [-0.4, -0.2) is 40.8 Å². The highest BCUT2D eigenvalue weighted by molar-refractivity contribution is 5.97. The molecule has 0 spiro atoms. The Balaban J connectivity index is 2.10. The first-order valence-corrected chi connectivity index (χ1v) is 10.9. The molecule has 12 heteroatoms. The largest absolute Gasteiger partial charge is 0.483 e. The van der Waals surface area contributed by atoms with Gasteiger partial charge in [-0.25, -0.2) is 0 Å². The molecule has 1 amide bonds. The Morgan fingerprint density at radius 1 is 1.14 bits per heavy atom. The van der Waals surface area contributed by atoms with Crippen LogP contribution >= 0.6 is 0 Å². The number of alkyl halides is 6. The van der Waals surface area contributed by atoms with E-state index in [0.29, 0.717) is 31.4 Å². The molecule has 0 unspecified atom stereocenters. The van der Waals surface area contributed by atoms with E-state index < -0.39 is 41.7 Å². The summed E-state index contributed by atoms with van der Waals surface area (Å²) in [7, 11) is 1.77. The lowest BCUT2D eigenvalue weighted by Crippen LogP contribution is -2.30. The standard InChI is InChI=1S/C23H27F6N3O3/c1-21(2,3)18-11-19(32(31(18)4)12-15-6-5-9-34-15)30-20(33)16-10-14(23(27,28)29)7-8-17(16)35-13-22(24,25)26/h7-8,10-11,15H,5-6,9,12-13H2,1-4H3/b30-19+/t15-/m1/s1. The van der Waals surface area contributed by atoms with Crippen LogP contribution < -0.4 is 10.2 Å². The lowest BCUT2D eigenvalue weighted by atomic mass is 9.92. The summed E-state index contributed by atoms with van der Waals surface area (Å²) in [5, 5.41) is 0. The number of halogens is 6. The molecule has 0 N–H and O–H groups in total. The van der Waals surface area contributed by atoms with E-state index >= 15 is 0 Å². The molecule has 1 aromatic heterocycles. The highest BCUT2D eigenvalue weighted by atomic mass is 19.4. The van der Waals surface area contributed by atoms with Crippen LogP contribution in [0.2, 0.25) is 0 Å². The summed E-state index contributed by atoms with van der Waals surface area (Å²) in [4.78, 5) is 17.1. The molecule has 1 aliphatic rings. The van der Waals surface area contributed by atoms with Crippen LogP contribution in [0.3, 0.4) is 0 Å². The van der Waals surface area contributed by atoms with Gasteiger partial charge >= 0.3 is 12.4 Å². The average Bonchev–Trinajstić information content (AvgIpc) is 3.34. The van der Waals surface area contributed by atoms with Crippen molar-refractivity contribution < 1.29 is 40.6 Å². The van der Waals surface area contributed by atoms with Crippen molar-refractivity contribution in [3.05, 3.63) is 46.6 Å². The normalized spacial score (nSPS) is 17.8. The Bertz CT molecular complexity index is 1130. The number of benzene rings is 1. The fraction of sp³-hybridized carbons (Fsp3) is 0.565. The maximum absolute atomic E-state index is 13.3. The SMILES string of the molecule is Cn1c(C(C)(C)C)c/c(=N\C(=O)c2cc(C(F)(F)F)ccc2OCC(F)(F)F)n1C[C@H]1CCCO1. The number of rotatable bonds is 5. The van der Waals surface area contributed by atoms with Crippen molar-refractivity contribution in [2.45, 2.75) is 64.0 Å². The van der Waals surface area contributed by atoms with Crippen LogP contribution in [0.25, 0.3) is 0 Å². The van der Waals surface area contributed by atoms with E-state index in [0.717, 1.165) is 18.5 Å². The van der Waals surface area contributed by atoms with Gasteiger partial charge in [0.05, 0.1) is 23.8 Å². The Morgan fingerprint density at radius 2 is 1.83 bits per heavy atom. The zero-order valence-corrected chi connectivity index (χ0v) is 19.8. The summed E-state index contributed by atoms with van der Waals surface area (Å²) in [6, 6.07) is 3.34. The van der Waals surface area contributed by atoms with Crippen LogP contribution in [0, 0.1) is 0 Å². The average molecular weight is 507 g/mol. The predicted molar refractivity (Wildman–Crippen MR) is 114 cm³/mol. The summed E-state index contributed by atoms with van der Waals surface area (Å²) in [5.41, 5.74) is -1.34. The molecule has 1 atom stereocenters. The monoisotopic (exact) mass is 507 g/mol. The van der Waals surface area contributed by atoms with E-state index in [-0.39, 0.29) is 17.0 Å². The van der Waals surface area contributed by atoms with Crippen molar-refractivity contribution in [3.63, 3.8) is 0 Å². The van der Waals surface area contributed by atoms with Gasteiger partial charge in [-0.3, -0.25) is 14.2 Å². The highest BCUT2D eigenvalue weighted by Crippen LogP contribution is 2.33. The minimum atomic E-state index is -4.82. The third-order valence-corrected chi connectivity index (χ3v) is 5.55. The summed E-state index contributed by atoms with van der Waals surface area (Å²) >= 11 is 0. The third kappa shape index (κ3) is 6.68. The first-order chi connectivity index (χ1) is 16.1. The summed E-state index contributed by atoms with van der Waals surface area (Å²) in [6.07, 6.45) is -8.03. The van der Waals surface area contributed by atoms with Crippen molar-refractivity contribution in [2.75, 3.05) is 13.2 Å². The van der Waals surface area contributed by atoms with Crippen LogP contribution in [0.1, 0.15) is 55.2 Å². The molecule has 1 saturated heterocycles. The highest BCUT2D eigenvalue weighted by Gasteiger charge is 2.34. The number of aromatic nitrogens is 2. The van der Waals surface area contributed by atoms with E-state index in [9.17, 15) is 31.1 Å². The Kier molecular flexibility index (Phi) is 7.45. The number of amides is 1. The van der Waals surface area contributed by atoms with Crippen LogP contribution in [0.15, 0.2) is 29.3 Å². The van der Waals surface area contributed by atoms with Crippen molar-refractivity contribution in [1.82, 2.24) is 9.36 Å². The van der Waals surface area contributed by atoms with Crippen LogP contribution in [-0.2, 0) is 29.9 Å². The quantitative estimate of drug-likeness (QED) is 0.535. The Labute approximate surface area is 198 Å². The first kappa shape index (κ1) is 26.8. The van der Waals surface area contributed by atoms with Gasteiger partial charge in [0, 0.05) is 30.8 Å². The molecule has 194 valence electrons. The molecule has 2 aromatic rings. The molecular weight excluding hydrogens is 480 g/mol. The molecule has 35 heavy (non-hydrogen) atoms. The van der Waals surface area contributed by atoms with Gasteiger partial charge in [-0.15, -0.1) is 0 Å². The number of nitrogens with zero attached hydrogens (tertiary/aromatic N) is 3. The molecule has 0 bridgehead atoms.